The van der Waals surface area contributed by atoms with Crippen molar-refractivity contribution in [3.8, 4) is 0 Å². The Balaban J connectivity index is 1.84. The lowest BCUT2D eigenvalue weighted by Crippen LogP contribution is -2.14. The lowest BCUT2D eigenvalue weighted by molar-refractivity contribution is -0.145. The number of ether oxygens (including phenoxy) is 1. The van der Waals surface area contributed by atoms with E-state index in [1.54, 1.807) is 10.9 Å². The first-order valence-corrected chi connectivity index (χ1v) is 6.38. The molecule has 0 N–H and O–H groups in total. The molecule has 0 fully saturated rings. The van der Waals surface area contributed by atoms with Crippen molar-refractivity contribution in [1.29, 1.82) is 0 Å². The zero-order valence-corrected chi connectivity index (χ0v) is 11.2. The predicted molar refractivity (Wildman–Crippen MR) is 72.6 cm³/mol. The molecule has 1 heterocycles. The Kier molecular flexibility index (Phi) is 4.34. The molecular formula is C15H18N2O2. The van der Waals surface area contributed by atoms with Gasteiger partial charge in [-0.05, 0) is 17.5 Å². The third kappa shape index (κ3) is 3.95. The number of carbonyl (C=O) groups is 1. The number of benzene rings is 1. The highest BCUT2D eigenvalue weighted by Crippen LogP contribution is 2.10. The van der Waals surface area contributed by atoms with Crippen molar-refractivity contribution in [2.45, 2.75) is 32.9 Å². The molecule has 100 valence electrons. The van der Waals surface area contributed by atoms with Crippen LogP contribution in [0.1, 0.15) is 31.0 Å². The van der Waals surface area contributed by atoms with Gasteiger partial charge in [0.05, 0.1) is 5.69 Å². The van der Waals surface area contributed by atoms with Crippen LogP contribution in [0.25, 0.3) is 0 Å². The molecule has 0 saturated heterocycles. The van der Waals surface area contributed by atoms with Crippen LogP contribution in [0.2, 0.25) is 0 Å². The number of hydrogen-bond acceptors (Lipinski definition) is 3. The predicted octanol–water partition coefficient (Wildman–Crippen LogP) is 2.75. The minimum absolute atomic E-state index is 0.152. The minimum Gasteiger partial charge on any atom is -0.459 e. The summed E-state index contributed by atoms with van der Waals surface area (Å²) in [6.45, 7) is 4.60. The van der Waals surface area contributed by atoms with Gasteiger partial charge in [-0.25, -0.2) is 0 Å². The Bertz CT molecular complexity index is 532. The highest BCUT2D eigenvalue weighted by molar-refractivity contribution is 5.69. The number of aromatic nitrogens is 2. The number of rotatable bonds is 5. The van der Waals surface area contributed by atoms with Gasteiger partial charge in [-0.2, -0.15) is 5.10 Å². The van der Waals surface area contributed by atoms with Crippen molar-refractivity contribution in [3.05, 3.63) is 53.9 Å². The van der Waals surface area contributed by atoms with Gasteiger partial charge in [-0.1, -0.05) is 44.2 Å². The third-order valence-electron chi connectivity index (χ3n) is 2.79. The monoisotopic (exact) mass is 258 g/mol. The van der Waals surface area contributed by atoms with Gasteiger partial charge in [0.15, 0.2) is 0 Å². The van der Waals surface area contributed by atoms with Crippen molar-refractivity contribution in [1.82, 2.24) is 9.78 Å². The molecular weight excluding hydrogens is 240 g/mol. The Hall–Kier alpha value is -2.10. The standard InChI is InChI=1S/C15H18N2O2/c1-12(2)14-8-9-17(16-14)10-15(18)19-11-13-6-4-3-5-7-13/h3-9,12H,10-11H2,1-2H3. The Morgan fingerprint density at radius 3 is 2.63 bits per heavy atom. The van der Waals surface area contributed by atoms with E-state index in [0.717, 1.165) is 11.3 Å². The van der Waals surface area contributed by atoms with Gasteiger partial charge in [0.2, 0.25) is 0 Å². The molecule has 2 aromatic rings. The highest BCUT2D eigenvalue weighted by atomic mass is 16.5. The molecule has 0 atom stereocenters. The van der Waals surface area contributed by atoms with Gasteiger partial charge in [0, 0.05) is 6.20 Å². The second-order valence-electron chi connectivity index (χ2n) is 4.74. The van der Waals surface area contributed by atoms with Crippen molar-refractivity contribution in [2.24, 2.45) is 0 Å². The molecule has 0 amide bonds. The Morgan fingerprint density at radius 1 is 1.26 bits per heavy atom. The third-order valence-corrected chi connectivity index (χ3v) is 2.79. The van der Waals surface area contributed by atoms with E-state index in [1.165, 1.54) is 0 Å². The summed E-state index contributed by atoms with van der Waals surface area (Å²) in [4.78, 5) is 11.7. The molecule has 0 bridgehead atoms. The van der Waals surface area contributed by atoms with Crippen LogP contribution >= 0.6 is 0 Å². The highest BCUT2D eigenvalue weighted by Gasteiger charge is 2.08. The maximum Gasteiger partial charge on any atom is 0.328 e. The van der Waals surface area contributed by atoms with Crippen LogP contribution in [-0.2, 0) is 22.7 Å². The second kappa shape index (κ2) is 6.18. The first-order valence-electron chi connectivity index (χ1n) is 6.38. The average Bonchev–Trinajstić information content (AvgIpc) is 2.86. The minimum atomic E-state index is -0.276. The number of esters is 1. The van der Waals surface area contributed by atoms with Crippen LogP contribution in [0, 0.1) is 0 Å². The van der Waals surface area contributed by atoms with Crippen LogP contribution < -0.4 is 0 Å². The van der Waals surface area contributed by atoms with E-state index in [0.29, 0.717) is 12.5 Å². The summed E-state index contributed by atoms with van der Waals surface area (Å²) in [5, 5.41) is 4.32. The van der Waals surface area contributed by atoms with Crippen LogP contribution in [-0.4, -0.2) is 15.7 Å². The maximum absolute atomic E-state index is 11.7. The molecule has 0 aliphatic carbocycles. The Labute approximate surface area is 113 Å². The molecule has 0 saturated carbocycles. The largest absolute Gasteiger partial charge is 0.459 e. The van der Waals surface area contributed by atoms with Gasteiger partial charge in [0.25, 0.3) is 0 Å². The molecule has 2 rings (SSSR count). The van der Waals surface area contributed by atoms with E-state index in [-0.39, 0.29) is 12.5 Å². The number of nitrogens with zero attached hydrogens (tertiary/aromatic N) is 2. The molecule has 0 aliphatic rings. The summed E-state index contributed by atoms with van der Waals surface area (Å²) >= 11 is 0. The molecule has 0 aliphatic heterocycles. The van der Waals surface area contributed by atoms with E-state index in [4.69, 9.17) is 4.74 Å². The van der Waals surface area contributed by atoms with Crippen molar-refractivity contribution < 1.29 is 9.53 Å². The van der Waals surface area contributed by atoms with Crippen LogP contribution in [0.4, 0.5) is 0 Å². The summed E-state index contributed by atoms with van der Waals surface area (Å²) in [7, 11) is 0. The van der Waals surface area contributed by atoms with E-state index in [9.17, 15) is 4.79 Å². The summed E-state index contributed by atoms with van der Waals surface area (Å²) < 4.78 is 6.82. The molecule has 0 unspecified atom stereocenters. The van der Waals surface area contributed by atoms with Gasteiger partial charge in [-0.15, -0.1) is 0 Å². The van der Waals surface area contributed by atoms with Crippen molar-refractivity contribution in [2.75, 3.05) is 0 Å². The molecule has 4 nitrogen and oxygen atoms in total. The molecule has 19 heavy (non-hydrogen) atoms. The fourth-order valence-electron chi connectivity index (χ4n) is 1.69. The maximum atomic E-state index is 11.7. The Morgan fingerprint density at radius 2 is 2.00 bits per heavy atom. The second-order valence-corrected chi connectivity index (χ2v) is 4.74. The van der Waals surface area contributed by atoms with Gasteiger partial charge >= 0.3 is 5.97 Å². The lowest BCUT2D eigenvalue weighted by Gasteiger charge is -2.05. The van der Waals surface area contributed by atoms with Gasteiger partial charge < -0.3 is 4.74 Å². The van der Waals surface area contributed by atoms with E-state index in [2.05, 4.69) is 18.9 Å². The summed E-state index contributed by atoms with van der Waals surface area (Å²) in [6, 6.07) is 11.6. The van der Waals surface area contributed by atoms with Crippen LogP contribution in [0.5, 0.6) is 0 Å². The fraction of sp³-hybridized carbons (Fsp3) is 0.333. The molecule has 1 aromatic carbocycles. The normalized spacial score (nSPS) is 10.7. The fourth-order valence-corrected chi connectivity index (χ4v) is 1.69. The van der Waals surface area contributed by atoms with E-state index < -0.39 is 0 Å². The van der Waals surface area contributed by atoms with Crippen molar-refractivity contribution >= 4 is 5.97 Å². The zero-order chi connectivity index (χ0) is 13.7. The SMILES string of the molecule is CC(C)c1ccn(CC(=O)OCc2ccccc2)n1. The lowest BCUT2D eigenvalue weighted by atomic mass is 10.1. The molecule has 4 heteroatoms. The topological polar surface area (TPSA) is 44.1 Å². The summed E-state index contributed by atoms with van der Waals surface area (Å²) in [5.41, 5.74) is 1.97. The summed E-state index contributed by atoms with van der Waals surface area (Å²) in [5.74, 6) is 0.0869. The van der Waals surface area contributed by atoms with Crippen LogP contribution in [0.15, 0.2) is 42.6 Å². The van der Waals surface area contributed by atoms with Crippen molar-refractivity contribution in [3.63, 3.8) is 0 Å². The average molecular weight is 258 g/mol. The molecule has 0 radical (unpaired) electrons. The first kappa shape index (κ1) is 13.3. The van der Waals surface area contributed by atoms with Gasteiger partial charge in [-0.3, -0.25) is 9.48 Å². The van der Waals surface area contributed by atoms with Crippen LogP contribution in [0.3, 0.4) is 0 Å². The molecule has 0 spiro atoms. The number of carbonyl (C=O) groups excluding carboxylic acids is 1. The molecule has 1 aromatic heterocycles. The van der Waals surface area contributed by atoms with E-state index in [1.807, 2.05) is 36.4 Å². The van der Waals surface area contributed by atoms with Gasteiger partial charge in [0.1, 0.15) is 13.2 Å². The summed E-state index contributed by atoms with van der Waals surface area (Å²) in [6.07, 6.45) is 1.80. The smallest absolute Gasteiger partial charge is 0.328 e. The number of hydrogen-bond donors (Lipinski definition) is 0. The quantitative estimate of drug-likeness (QED) is 0.774. The zero-order valence-electron chi connectivity index (χ0n) is 11.2. The first-order chi connectivity index (χ1) is 9.15. The van der Waals surface area contributed by atoms with E-state index >= 15 is 0 Å².